The van der Waals surface area contributed by atoms with Crippen molar-refractivity contribution in [2.45, 2.75) is 51.6 Å². The number of urea groups is 1. The van der Waals surface area contributed by atoms with E-state index in [0.29, 0.717) is 18.2 Å². The summed E-state index contributed by atoms with van der Waals surface area (Å²) in [6.07, 6.45) is 7.57. The third-order valence-electron chi connectivity index (χ3n) is 4.59. The van der Waals surface area contributed by atoms with Gasteiger partial charge < -0.3 is 20.3 Å². The molecule has 6 nitrogen and oxygen atoms in total. The molecule has 1 aromatic rings. The highest BCUT2D eigenvalue weighted by Gasteiger charge is 2.22. The lowest BCUT2D eigenvalue weighted by Crippen LogP contribution is -2.31. The fraction of sp³-hybridized carbons (Fsp3) is 0.647. The van der Waals surface area contributed by atoms with Crippen molar-refractivity contribution in [3.8, 4) is 0 Å². The van der Waals surface area contributed by atoms with Gasteiger partial charge in [-0.1, -0.05) is 12.8 Å². The van der Waals surface area contributed by atoms with Crippen LogP contribution < -0.4 is 16.2 Å². The molecule has 1 fully saturated rings. The average Bonchev–Trinajstić information content (AvgIpc) is 2.51. The van der Waals surface area contributed by atoms with Crippen LogP contribution in [-0.2, 0) is 7.05 Å². The number of anilines is 1. The lowest BCUT2D eigenvalue weighted by molar-refractivity contribution is 0.0644. The van der Waals surface area contributed by atoms with E-state index < -0.39 is 0 Å². The third-order valence-corrected chi connectivity index (χ3v) is 4.59. The molecule has 1 heterocycles. The molecule has 6 heteroatoms. The summed E-state index contributed by atoms with van der Waals surface area (Å²) < 4.78 is 1.44. The van der Waals surface area contributed by atoms with Crippen LogP contribution in [0.25, 0.3) is 0 Å². The maximum atomic E-state index is 11.9. The van der Waals surface area contributed by atoms with Crippen LogP contribution in [0.15, 0.2) is 17.1 Å². The highest BCUT2D eigenvalue weighted by Crippen LogP contribution is 2.27. The molecule has 0 aromatic carbocycles. The van der Waals surface area contributed by atoms with E-state index in [1.807, 2.05) is 0 Å². The van der Waals surface area contributed by atoms with Crippen LogP contribution in [0.4, 0.5) is 10.5 Å². The number of pyridine rings is 1. The van der Waals surface area contributed by atoms with Gasteiger partial charge in [0, 0.05) is 25.9 Å². The molecule has 2 amide bonds. The van der Waals surface area contributed by atoms with E-state index in [1.54, 1.807) is 20.2 Å². The van der Waals surface area contributed by atoms with E-state index in [1.165, 1.54) is 17.1 Å². The Morgan fingerprint density at radius 1 is 1.39 bits per heavy atom. The Balaban J connectivity index is 1.73. The molecule has 0 aliphatic heterocycles. The molecule has 0 saturated heterocycles. The fourth-order valence-electron chi connectivity index (χ4n) is 3.11. The van der Waals surface area contributed by atoms with E-state index in [2.05, 4.69) is 10.6 Å². The molecule has 2 rings (SSSR count). The summed E-state index contributed by atoms with van der Waals surface area (Å²) >= 11 is 0. The first kappa shape index (κ1) is 17.5. The van der Waals surface area contributed by atoms with Gasteiger partial charge in [0.2, 0.25) is 0 Å². The summed E-state index contributed by atoms with van der Waals surface area (Å²) in [5, 5.41) is 15.5. The summed E-state index contributed by atoms with van der Waals surface area (Å²) in [4.78, 5) is 23.4. The molecule has 1 aromatic heterocycles. The number of hydrogen-bond acceptors (Lipinski definition) is 3. The molecule has 0 spiro atoms. The number of carbonyl (C=O) groups excluding carboxylic acids is 1. The molecule has 0 bridgehead atoms. The lowest BCUT2D eigenvalue weighted by Gasteiger charge is -2.27. The second-order valence-electron chi connectivity index (χ2n) is 6.45. The van der Waals surface area contributed by atoms with E-state index in [-0.39, 0.29) is 17.7 Å². The topological polar surface area (TPSA) is 83.4 Å². The molecule has 1 aliphatic rings. The third kappa shape index (κ3) is 5.10. The van der Waals surface area contributed by atoms with Crippen LogP contribution in [0, 0.1) is 12.8 Å². The summed E-state index contributed by atoms with van der Waals surface area (Å²) in [7, 11) is 1.65. The van der Waals surface area contributed by atoms with Crippen LogP contribution in [0.3, 0.4) is 0 Å². The predicted molar refractivity (Wildman–Crippen MR) is 90.6 cm³/mol. The standard InChI is InChI=1S/C17H27N3O3/c1-12-10-16(22)20(2)11-14(12)19-17(23)18-9-5-7-13-6-3-4-8-15(13)21/h10-11,13,15,21H,3-9H2,1-2H3,(H2,18,19,23). The fourth-order valence-corrected chi connectivity index (χ4v) is 3.11. The van der Waals surface area contributed by atoms with Gasteiger partial charge in [-0.05, 0) is 44.1 Å². The van der Waals surface area contributed by atoms with Crippen molar-refractivity contribution in [2.75, 3.05) is 11.9 Å². The van der Waals surface area contributed by atoms with Gasteiger partial charge in [0.15, 0.2) is 0 Å². The second kappa shape index (κ2) is 8.15. The highest BCUT2D eigenvalue weighted by atomic mass is 16.3. The summed E-state index contributed by atoms with van der Waals surface area (Å²) in [6, 6.07) is 1.23. The van der Waals surface area contributed by atoms with E-state index in [0.717, 1.165) is 37.7 Å². The smallest absolute Gasteiger partial charge is 0.319 e. The Kier molecular flexibility index (Phi) is 6.21. The van der Waals surface area contributed by atoms with Crippen molar-refractivity contribution >= 4 is 11.7 Å². The van der Waals surface area contributed by atoms with Gasteiger partial charge >= 0.3 is 6.03 Å². The molecule has 2 atom stereocenters. The van der Waals surface area contributed by atoms with Gasteiger partial charge in [0.05, 0.1) is 11.8 Å². The van der Waals surface area contributed by atoms with Crippen molar-refractivity contribution in [3.63, 3.8) is 0 Å². The average molecular weight is 321 g/mol. The van der Waals surface area contributed by atoms with Gasteiger partial charge in [-0.15, -0.1) is 0 Å². The Morgan fingerprint density at radius 3 is 2.87 bits per heavy atom. The highest BCUT2D eigenvalue weighted by molar-refractivity contribution is 5.89. The van der Waals surface area contributed by atoms with Gasteiger partial charge in [-0.2, -0.15) is 0 Å². The van der Waals surface area contributed by atoms with Crippen molar-refractivity contribution in [2.24, 2.45) is 13.0 Å². The van der Waals surface area contributed by atoms with Gasteiger partial charge in [-0.25, -0.2) is 4.79 Å². The molecule has 1 saturated carbocycles. The molecule has 2 unspecified atom stereocenters. The second-order valence-corrected chi connectivity index (χ2v) is 6.45. The molecular weight excluding hydrogens is 294 g/mol. The van der Waals surface area contributed by atoms with E-state index >= 15 is 0 Å². The minimum atomic E-state index is -0.268. The number of amides is 2. The van der Waals surface area contributed by atoms with Crippen LogP contribution in [0.1, 0.15) is 44.1 Å². The number of aliphatic hydroxyl groups excluding tert-OH is 1. The minimum Gasteiger partial charge on any atom is -0.393 e. The van der Waals surface area contributed by atoms with Crippen LogP contribution in [0.2, 0.25) is 0 Å². The minimum absolute atomic E-state index is 0.0977. The number of nitrogens with zero attached hydrogens (tertiary/aromatic N) is 1. The number of aromatic nitrogens is 1. The summed E-state index contributed by atoms with van der Waals surface area (Å²) in [5.41, 5.74) is 1.28. The maximum absolute atomic E-state index is 11.9. The number of aliphatic hydroxyl groups is 1. The summed E-state index contributed by atoms with van der Waals surface area (Å²) in [6.45, 7) is 2.38. The SMILES string of the molecule is Cc1cc(=O)n(C)cc1NC(=O)NCCCC1CCCCC1O. The maximum Gasteiger partial charge on any atom is 0.319 e. The zero-order chi connectivity index (χ0) is 16.8. The Hall–Kier alpha value is -1.82. The van der Waals surface area contributed by atoms with Crippen LogP contribution in [-0.4, -0.2) is 28.4 Å². The molecule has 23 heavy (non-hydrogen) atoms. The van der Waals surface area contributed by atoms with Gasteiger partial charge in [-0.3, -0.25) is 4.79 Å². The summed E-state index contributed by atoms with van der Waals surface area (Å²) in [5.74, 6) is 0.375. The van der Waals surface area contributed by atoms with Crippen molar-refractivity contribution in [3.05, 3.63) is 28.2 Å². The number of hydrogen-bond donors (Lipinski definition) is 3. The lowest BCUT2D eigenvalue weighted by atomic mass is 9.83. The van der Waals surface area contributed by atoms with Crippen molar-refractivity contribution < 1.29 is 9.90 Å². The van der Waals surface area contributed by atoms with Crippen molar-refractivity contribution in [1.82, 2.24) is 9.88 Å². The van der Waals surface area contributed by atoms with Crippen LogP contribution >= 0.6 is 0 Å². The zero-order valence-corrected chi connectivity index (χ0v) is 14.0. The normalized spacial score (nSPS) is 21.0. The van der Waals surface area contributed by atoms with E-state index in [9.17, 15) is 14.7 Å². The van der Waals surface area contributed by atoms with Gasteiger partial charge in [0.25, 0.3) is 5.56 Å². The molecule has 0 radical (unpaired) electrons. The molecule has 3 N–H and O–H groups in total. The van der Waals surface area contributed by atoms with Crippen LogP contribution in [0.5, 0.6) is 0 Å². The quantitative estimate of drug-likeness (QED) is 0.727. The van der Waals surface area contributed by atoms with Crippen molar-refractivity contribution in [1.29, 1.82) is 0 Å². The predicted octanol–water partition coefficient (Wildman–Crippen LogP) is 2.15. The molecule has 128 valence electrons. The zero-order valence-electron chi connectivity index (χ0n) is 14.0. The first-order valence-corrected chi connectivity index (χ1v) is 8.37. The number of nitrogens with one attached hydrogen (secondary N) is 2. The van der Waals surface area contributed by atoms with E-state index in [4.69, 9.17) is 0 Å². The number of rotatable bonds is 5. The Morgan fingerprint density at radius 2 is 2.13 bits per heavy atom. The number of aryl methyl sites for hydroxylation is 2. The molecule has 1 aliphatic carbocycles. The Bertz CT molecular complexity index is 597. The Labute approximate surface area is 136 Å². The number of carbonyl (C=O) groups is 1. The first-order valence-electron chi connectivity index (χ1n) is 8.37. The first-order chi connectivity index (χ1) is 11.0. The monoisotopic (exact) mass is 321 g/mol. The molecular formula is C17H27N3O3. The van der Waals surface area contributed by atoms with Gasteiger partial charge in [0.1, 0.15) is 0 Å². The largest absolute Gasteiger partial charge is 0.393 e.